The first-order chi connectivity index (χ1) is 9.66. The van der Waals surface area contributed by atoms with Gasteiger partial charge < -0.3 is 9.42 Å². The molecule has 0 spiro atoms. The van der Waals surface area contributed by atoms with Gasteiger partial charge in [0.05, 0.1) is 11.7 Å². The third kappa shape index (κ3) is 2.19. The van der Waals surface area contributed by atoms with Crippen molar-refractivity contribution in [3.63, 3.8) is 0 Å². The van der Waals surface area contributed by atoms with Crippen molar-refractivity contribution in [3.8, 4) is 0 Å². The summed E-state index contributed by atoms with van der Waals surface area (Å²) < 4.78 is 6.91. The SMILES string of the molecule is Cc1noc(C)c1C(=O)N1CCCC(n2cncn2)C1. The van der Waals surface area contributed by atoms with E-state index in [1.165, 1.54) is 6.33 Å². The molecule has 7 heteroatoms. The first-order valence-corrected chi connectivity index (χ1v) is 6.73. The third-order valence-corrected chi connectivity index (χ3v) is 3.74. The monoisotopic (exact) mass is 275 g/mol. The summed E-state index contributed by atoms with van der Waals surface area (Å²) >= 11 is 0. The van der Waals surface area contributed by atoms with Crippen LogP contribution in [0.1, 0.15) is 40.7 Å². The lowest BCUT2D eigenvalue weighted by Gasteiger charge is -2.32. The molecule has 1 amide bonds. The van der Waals surface area contributed by atoms with Crippen LogP contribution >= 0.6 is 0 Å². The van der Waals surface area contributed by atoms with Crippen molar-refractivity contribution in [2.24, 2.45) is 0 Å². The molecule has 0 aliphatic carbocycles. The number of rotatable bonds is 2. The van der Waals surface area contributed by atoms with Gasteiger partial charge in [0.25, 0.3) is 5.91 Å². The quantitative estimate of drug-likeness (QED) is 0.827. The molecule has 0 N–H and O–H groups in total. The number of aryl methyl sites for hydroxylation is 2. The summed E-state index contributed by atoms with van der Waals surface area (Å²) in [7, 11) is 0. The Hall–Kier alpha value is -2.18. The Morgan fingerprint density at radius 1 is 1.45 bits per heavy atom. The minimum atomic E-state index is -0.00827. The molecule has 7 nitrogen and oxygen atoms in total. The van der Waals surface area contributed by atoms with Gasteiger partial charge in [0.2, 0.25) is 0 Å². The Kier molecular flexibility index (Phi) is 3.25. The van der Waals surface area contributed by atoms with Gasteiger partial charge in [-0.15, -0.1) is 0 Å². The maximum Gasteiger partial charge on any atom is 0.259 e. The van der Waals surface area contributed by atoms with Crippen LogP contribution in [0.4, 0.5) is 0 Å². The van der Waals surface area contributed by atoms with E-state index in [2.05, 4.69) is 15.2 Å². The maximum absolute atomic E-state index is 12.6. The molecule has 0 bridgehead atoms. The predicted molar refractivity (Wildman–Crippen MR) is 70.2 cm³/mol. The lowest BCUT2D eigenvalue weighted by molar-refractivity contribution is 0.0670. The Morgan fingerprint density at radius 2 is 2.30 bits per heavy atom. The molecule has 20 heavy (non-hydrogen) atoms. The normalized spacial score (nSPS) is 19.3. The van der Waals surface area contributed by atoms with Crippen molar-refractivity contribution in [1.29, 1.82) is 0 Å². The molecule has 3 heterocycles. The van der Waals surface area contributed by atoms with E-state index in [4.69, 9.17) is 4.52 Å². The molecule has 106 valence electrons. The van der Waals surface area contributed by atoms with Crippen molar-refractivity contribution in [3.05, 3.63) is 29.7 Å². The summed E-state index contributed by atoms with van der Waals surface area (Å²) in [6.07, 6.45) is 5.19. The van der Waals surface area contributed by atoms with E-state index in [0.717, 1.165) is 19.4 Å². The average molecular weight is 275 g/mol. The average Bonchev–Trinajstić information content (AvgIpc) is 3.09. The highest BCUT2D eigenvalue weighted by Crippen LogP contribution is 2.23. The molecule has 0 aromatic carbocycles. The van der Waals surface area contributed by atoms with Gasteiger partial charge in [-0.1, -0.05) is 5.16 Å². The molecule has 1 unspecified atom stereocenters. The Balaban J connectivity index is 1.79. The molecular weight excluding hydrogens is 258 g/mol. The Morgan fingerprint density at radius 3 is 2.95 bits per heavy atom. The number of carbonyl (C=O) groups is 1. The van der Waals surface area contributed by atoms with E-state index < -0.39 is 0 Å². The second kappa shape index (κ2) is 5.07. The highest BCUT2D eigenvalue weighted by atomic mass is 16.5. The topological polar surface area (TPSA) is 77.0 Å². The fourth-order valence-corrected chi connectivity index (χ4v) is 2.71. The van der Waals surface area contributed by atoms with E-state index in [0.29, 0.717) is 23.6 Å². The number of likely N-dealkylation sites (tertiary alicyclic amines) is 1. The van der Waals surface area contributed by atoms with Crippen LogP contribution in [0.3, 0.4) is 0 Å². The standard InChI is InChI=1S/C13H17N5O2/c1-9-12(10(2)20-16-9)13(19)17-5-3-4-11(6-17)18-8-14-7-15-18/h7-8,11H,3-6H2,1-2H3. The number of amides is 1. The van der Waals surface area contributed by atoms with Gasteiger partial charge in [-0.25, -0.2) is 9.67 Å². The molecule has 2 aromatic heterocycles. The van der Waals surface area contributed by atoms with E-state index in [1.54, 1.807) is 20.2 Å². The second-order valence-electron chi connectivity index (χ2n) is 5.12. The third-order valence-electron chi connectivity index (χ3n) is 3.74. The summed E-state index contributed by atoms with van der Waals surface area (Å²) in [5.41, 5.74) is 1.24. The van der Waals surface area contributed by atoms with Gasteiger partial charge in [-0.2, -0.15) is 5.10 Å². The number of nitrogens with zero attached hydrogens (tertiary/aromatic N) is 5. The summed E-state index contributed by atoms with van der Waals surface area (Å²) in [4.78, 5) is 18.4. The van der Waals surface area contributed by atoms with Crippen molar-refractivity contribution in [1.82, 2.24) is 24.8 Å². The van der Waals surface area contributed by atoms with Crippen LogP contribution in [0.2, 0.25) is 0 Å². The number of aromatic nitrogens is 4. The molecule has 0 saturated carbocycles. The molecule has 0 radical (unpaired) electrons. The number of hydrogen-bond donors (Lipinski definition) is 0. The summed E-state index contributed by atoms with van der Waals surface area (Å²) in [6.45, 7) is 4.97. The summed E-state index contributed by atoms with van der Waals surface area (Å²) in [5, 5.41) is 8.02. The van der Waals surface area contributed by atoms with Gasteiger partial charge in [0.15, 0.2) is 0 Å². The van der Waals surface area contributed by atoms with E-state index >= 15 is 0 Å². The smallest absolute Gasteiger partial charge is 0.259 e. The molecule has 2 aromatic rings. The van der Waals surface area contributed by atoms with E-state index in [9.17, 15) is 4.79 Å². The molecule has 3 rings (SSSR count). The molecular formula is C13H17N5O2. The van der Waals surface area contributed by atoms with E-state index in [1.807, 2.05) is 9.58 Å². The van der Waals surface area contributed by atoms with Gasteiger partial charge in [0, 0.05) is 13.1 Å². The Labute approximate surface area is 116 Å². The predicted octanol–water partition coefficient (Wildman–Crippen LogP) is 1.36. The molecule has 1 saturated heterocycles. The van der Waals surface area contributed by atoms with Crippen LogP contribution in [0, 0.1) is 13.8 Å². The van der Waals surface area contributed by atoms with Crippen molar-refractivity contribution < 1.29 is 9.32 Å². The highest BCUT2D eigenvalue weighted by molar-refractivity contribution is 5.96. The molecule has 1 fully saturated rings. The van der Waals surface area contributed by atoms with Crippen LogP contribution in [0.15, 0.2) is 17.2 Å². The zero-order valence-electron chi connectivity index (χ0n) is 11.6. The fourth-order valence-electron chi connectivity index (χ4n) is 2.71. The Bertz CT molecular complexity index is 585. The first-order valence-electron chi connectivity index (χ1n) is 6.73. The zero-order chi connectivity index (χ0) is 14.1. The summed E-state index contributed by atoms with van der Waals surface area (Å²) in [6, 6.07) is 0.190. The second-order valence-corrected chi connectivity index (χ2v) is 5.12. The van der Waals surface area contributed by atoms with Crippen LogP contribution in [0.5, 0.6) is 0 Å². The lowest BCUT2D eigenvalue weighted by atomic mass is 10.0. The molecule has 1 aliphatic rings. The first kappa shape index (κ1) is 12.8. The fraction of sp³-hybridized carbons (Fsp3) is 0.538. The van der Waals surface area contributed by atoms with Crippen LogP contribution in [-0.2, 0) is 0 Å². The van der Waals surface area contributed by atoms with Gasteiger partial charge >= 0.3 is 0 Å². The summed E-state index contributed by atoms with van der Waals surface area (Å²) in [5.74, 6) is 0.571. The minimum absolute atomic E-state index is 0.00827. The molecule has 1 aliphatic heterocycles. The van der Waals surface area contributed by atoms with Crippen molar-refractivity contribution in [2.45, 2.75) is 32.7 Å². The maximum atomic E-state index is 12.6. The molecule has 1 atom stereocenters. The lowest BCUT2D eigenvalue weighted by Crippen LogP contribution is -2.41. The van der Waals surface area contributed by atoms with Crippen molar-refractivity contribution >= 4 is 5.91 Å². The van der Waals surface area contributed by atoms with Gasteiger partial charge in [-0.3, -0.25) is 4.79 Å². The van der Waals surface area contributed by atoms with E-state index in [-0.39, 0.29) is 11.9 Å². The van der Waals surface area contributed by atoms with Crippen LogP contribution in [-0.4, -0.2) is 43.8 Å². The number of piperidine rings is 1. The highest BCUT2D eigenvalue weighted by Gasteiger charge is 2.29. The minimum Gasteiger partial charge on any atom is -0.361 e. The largest absolute Gasteiger partial charge is 0.361 e. The van der Waals surface area contributed by atoms with Gasteiger partial charge in [0.1, 0.15) is 24.0 Å². The van der Waals surface area contributed by atoms with Crippen LogP contribution in [0.25, 0.3) is 0 Å². The van der Waals surface area contributed by atoms with Crippen LogP contribution < -0.4 is 0 Å². The number of carbonyl (C=O) groups excluding carboxylic acids is 1. The van der Waals surface area contributed by atoms with Crippen molar-refractivity contribution in [2.75, 3.05) is 13.1 Å². The van der Waals surface area contributed by atoms with Gasteiger partial charge in [-0.05, 0) is 26.7 Å². The number of hydrogen-bond acceptors (Lipinski definition) is 5. The zero-order valence-corrected chi connectivity index (χ0v) is 11.6.